The van der Waals surface area contributed by atoms with E-state index in [2.05, 4.69) is 16.0 Å². The van der Waals surface area contributed by atoms with Gasteiger partial charge in [0, 0.05) is 46.1 Å². The Bertz CT molecular complexity index is 544. The average Bonchev–Trinajstić information content (AvgIpc) is 2.77. The molecule has 8 nitrogen and oxygen atoms in total. The minimum Gasteiger partial charge on any atom is -0.378 e. The maximum Gasteiger partial charge on any atom is 0.239 e. The molecule has 0 bridgehead atoms. The molecule has 3 atom stereocenters. The molecule has 0 aliphatic heterocycles. The molecule has 1 fully saturated rings. The first kappa shape index (κ1) is 27.4. The molecule has 3 N–H and O–H groups in total. The summed E-state index contributed by atoms with van der Waals surface area (Å²) in [4.78, 5) is 36.3. The zero-order chi connectivity index (χ0) is 23.1. The van der Waals surface area contributed by atoms with Gasteiger partial charge in [-0.3, -0.25) is 14.4 Å². The van der Waals surface area contributed by atoms with E-state index >= 15 is 0 Å². The van der Waals surface area contributed by atoms with E-state index < -0.39 is 0 Å². The Morgan fingerprint density at radius 3 is 2.55 bits per heavy atom. The molecule has 0 spiro atoms. The fourth-order valence-electron chi connectivity index (χ4n) is 3.95. The summed E-state index contributed by atoms with van der Waals surface area (Å²) in [5.41, 5.74) is 0. The van der Waals surface area contributed by atoms with Gasteiger partial charge in [0.05, 0.1) is 12.6 Å². The van der Waals surface area contributed by atoms with E-state index in [1.807, 2.05) is 20.9 Å². The van der Waals surface area contributed by atoms with Crippen molar-refractivity contribution in [3.05, 3.63) is 0 Å². The summed E-state index contributed by atoms with van der Waals surface area (Å²) in [7, 11) is 1.84. The number of rotatable bonds is 15. The molecule has 3 unspecified atom stereocenters. The van der Waals surface area contributed by atoms with Crippen LogP contribution in [0.2, 0.25) is 0 Å². The van der Waals surface area contributed by atoms with Crippen LogP contribution >= 0.6 is 0 Å². The van der Waals surface area contributed by atoms with Crippen molar-refractivity contribution in [3.8, 4) is 0 Å². The number of nitrogens with zero attached hydrogens (tertiary/aromatic N) is 1. The standard InChI is InChI=1S/C23H44N4O4/c1-5-27(4)23(30)18(2)16-24-13-9-15-31-21-12-7-6-10-20(21)11-8-14-25-22(29)17-26-19(3)28/h18,20-21,24H,5-17H2,1-4H3,(H,25,29)(H,26,28). The highest BCUT2D eigenvalue weighted by Gasteiger charge is 2.25. The fourth-order valence-corrected chi connectivity index (χ4v) is 3.95. The topological polar surface area (TPSA) is 99.8 Å². The van der Waals surface area contributed by atoms with E-state index in [0.29, 0.717) is 25.1 Å². The van der Waals surface area contributed by atoms with Crippen molar-refractivity contribution < 1.29 is 19.1 Å². The Morgan fingerprint density at radius 1 is 1.10 bits per heavy atom. The third-order valence-electron chi connectivity index (χ3n) is 5.96. The second kappa shape index (κ2) is 16.0. The Hall–Kier alpha value is -1.67. The maximum absolute atomic E-state index is 12.1. The number of carbonyl (C=O) groups is 3. The number of carbonyl (C=O) groups excluding carboxylic acids is 3. The third-order valence-corrected chi connectivity index (χ3v) is 5.96. The quantitative estimate of drug-likeness (QED) is 0.337. The molecule has 1 aliphatic rings. The molecule has 0 aromatic heterocycles. The lowest BCUT2D eigenvalue weighted by Gasteiger charge is -2.31. The van der Waals surface area contributed by atoms with E-state index in [1.54, 1.807) is 4.90 Å². The summed E-state index contributed by atoms with van der Waals surface area (Å²) >= 11 is 0. The minimum absolute atomic E-state index is 0.00711. The Morgan fingerprint density at radius 2 is 1.84 bits per heavy atom. The largest absolute Gasteiger partial charge is 0.378 e. The molecule has 1 saturated carbocycles. The van der Waals surface area contributed by atoms with E-state index in [1.165, 1.54) is 26.2 Å². The molecular weight excluding hydrogens is 396 g/mol. The van der Waals surface area contributed by atoms with Crippen LogP contribution in [-0.4, -0.2) is 75.1 Å². The number of hydrogen-bond acceptors (Lipinski definition) is 5. The van der Waals surface area contributed by atoms with Crippen LogP contribution in [0, 0.1) is 11.8 Å². The number of ether oxygens (including phenoxy) is 1. The maximum atomic E-state index is 12.1. The van der Waals surface area contributed by atoms with Gasteiger partial charge in [-0.2, -0.15) is 0 Å². The molecular formula is C23H44N4O4. The molecule has 31 heavy (non-hydrogen) atoms. The molecule has 3 amide bonds. The lowest BCUT2D eigenvalue weighted by Crippen LogP contribution is -2.37. The van der Waals surface area contributed by atoms with Crippen LogP contribution in [-0.2, 0) is 19.1 Å². The second-order valence-corrected chi connectivity index (χ2v) is 8.67. The van der Waals surface area contributed by atoms with Crippen LogP contribution in [0.5, 0.6) is 0 Å². The van der Waals surface area contributed by atoms with Gasteiger partial charge in [-0.05, 0) is 51.5 Å². The van der Waals surface area contributed by atoms with Gasteiger partial charge in [-0.15, -0.1) is 0 Å². The normalized spacial score (nSPS) is 19.5. The molecule has 0 radical (unpaired) electrons. The molecule has 0 heterocycles. The van der Waals surface area contributed by atoms with Crippen molar-refractivity contribution in [2.45, 2.75) is 71.8 Å². The first-order valence-corrected chi connectivity index (χ1v) is 11.9. The van der Waals surface area contributed by atoms with E-state index in [0.717, 1.165) is 45.4 Å². The first-order valence-electron chi connectivity index (χ1n) is 11.9. The van der Waals surface area contributed by atoms with Gasteiger partial charge in [0.1, 0.15) is 0 Å². The summed E-state index contributed by atoms with van der Waals surface area (Å²) in [5, 5.41) is 8.73. The van der Waals surface area contributed by atoms with Crippen LogP contribution < -0.4 is 16.0 Å². The third kappa shape index (κ3) is 12.1. The van der Waals surface area contributed by atoms with Crippen molar-refractivity contribution in [1.82, 2.24) is 20.9 Å². The van der Waals surface area contributed by atoms with Crippen LogP contribution in [0.25, 0.3) is 0 Å². The van der Waals surface area contributed by atoms with Gasteiger partial charge < -0.3 is 25.6 Å². The SMILES string of the molecule is CCN(C)C(=O)C(C)CNCCCOC1CCCCC1CCCNC(=O)CNC(C)=O. The Kier molecular flexibility index (Phi) is 14.2. The second-order valence-electron chi connectivity index (χ2n) is 8.67. The smallest absolute Gasteiger partial charge is 0.239 e. The first-order chi connectivity index (χ1) is 14.8. The number of amides is 3. The summed E-state index contributed by atoms with van der Waals surface area (Å²) in [6.45, 7) is 9.05. The molecule has 0 aromatic carbocycles. The highest BCUT2D eigenvalue weighted by Crippen LogP contribution is 2.30. The predicted molar refractivity (Wildman–Crippen MR) is 123 cm³/mol. The van der Waals surface area contributed by atoms with Crippen molar-refractivity contribution in [2.24, 2.45) is 11.8 Å². The molecule has 180 valence electrons. The van der Waals surface area contributed by atoms with Crippen LogP contribution in [0.4, 0.5) is 0 Å². The average molecular weight is 441 g/mol. The summed E-state index contributed by atoms with van der Waals surface area (Å²) in [5.74, 6) is 0.391. The van der Waals surface area contributed by atoms with Gasteiger partial charge in [0.2, 0.25) is 17.7 Å². The van der Waals surface area contributed by atoms with E-state index in [9.17, 15) is 14.4 Å². The van der Waals surface area contributed by atoms with Crippen molar-refractivity contribution in [1.29, 1.82) is 0 Å². The monoisotopic (exact) mass is 440 g/mol. The minimum atomic E-state index is -0.195. The Balaban J connectivity index is 2.15. The van der Waals surface area contributed by atoms with Crippen LogP contribution in [0.3, 0.4) is 0 Å². The number of hydrogen-bond donors (Lipinski definition) is 3. The Labute approximate surface area is 188 Å². The summed E-state index contributed by atoms with van der Waals surface area (Å²) in [6.07, 6.45) is 7.99. The van der Waals surface area contributed by atoms with Gasteiger partial charge in [-0.25, -0.2) is 0 Å². The lowest BCUT2D eigenvalue weighted by molar-refractivity contribution is -0.133. The van der Waals surface area contributed by atoms with Crippen LogP contribution in [0.15, 0.2) is 0 Å². The van der Waals surface area contributed by atoms with Gasteiger partial charge in [0.15, 0.2) is 0 Å². The van der Waals surface area contributed by atoms with Crippen molar-refractivity contribution >= 4 is 17.7 Å². The highest BCUT2D eigenvalue weighted by atomic mass is 16.5. The number of nitrogens with one attached hydrogen (secondary N) is 3. The van der Waals surface area contributed by atoms with Crippen molar-refractivity contribution in [3.63, 3.8) is 0 Å². The highest BCUT2D eigenvalue weighted by molar-refractivity contribution is 5.83. The molecule has 1 rings (SSSR count). The molecule has 8 heteroatoms. The van der Waals surface area contributed by atoms with E-state index in [-0.39, 0.29) is 30.2 Å². The van der Waals surface area contributed by atoms with Gasteiger partial charge in [0.25, 0.3) is 0 Å². The van der Waals surface area contributed by atoms with Gasteiger partial charge >= 0.3 is 0 Å². The molecule has 1 aliphatic carbocycles. The predicted octanol–water partition coefficient (Wildman–Crippen LogP) is 1.69. The zero-order valence-corrected chi connectivity index (χ0v) is 20.0. The molecule has 0 saturated heterocycles. The van der Waals surface area contributed by atoms with Crippen LogP contribution in [0.1, 0.15) is 65.7 Å². The summed E-state index contributed by atoms with van der Waals surface area (Å²) < 4.78 is 6.20. The fraction of sp³-hybridized carbons (Fsp3) is 0.870. The summed E-state index contributed by atoms with van der Waals surface area (Å²) in [6, 6.07) is 0. The molecule has 0 aromatic rings. The van der Waals surface area contributed by atoms with Crippen molar-refractivity contribution in [2.75, 3.05) is 46.4 Å². The lowest BCUT2D eigenvalue weighted by atomic mass is 9.83. The van der Waals surface area contributed by atoms with Gasteiger partial charge in [-0.1, -0.05) is 19.8 Å². The zero-order valence-electron chi connectivity index (χ0n) is 20.0. The van der Waals surface area contributed by atoms with E-state index in [4.69, 9.17) is 4.74 Å².